The van der Waals surface area contributed by atoms with Gasteiger partial charge < -0.3 is 15.2 Å². The summed E-state index contributed by atoms with van der Waals surface area (Å²) in [4.78, 5) is 11.2. The SMILES string of the molecule is COc1ccc(C(=O)O)c(NC2CC=CCC2)c1. The van der Waals surface area contributed by atoms with Gasteiger partial charge in [-0.05, 0) is 31.4 Å². The molecule has 0 spiro atoms. The molecule has 1 unspecified atom stereocenters. The van der Waals surface area contributed by atoms with E-state index >= 15 is 0 Å². The van der Waals surface area contributed by atoms with Crippen LogP contribution in [0.1, 0.15) is 29.6 Å². The number of rotatable bonds is 4. The topological polar surface area (TPSA) is 58.6 Å². The van der Waals surface area contributed by atoms with Crippen LogP contribution < -0.4 is 10.1 Å². The lowest BCUT2D eigenvalue weighted by atomic mass is 10.0. The molecule has 0 aromatic heterocycles. The van der Waals surface area contributed by atoms with E-state index in [0.717, 1.165) is 19.3 Å². The van der Waals surface area contributed by atoms with Crippen LogP contribution in [-0.4, -0.2) is 24.2 Å². The highest BCUT2D eigenvalue weighted by molar-refractivity contribution is 5.94. The Bertz CT molecular complexity index is 468. The lowest BCUT2D eigenvalue weighted by Gasteiger charge is -2.22. The van der Waals surface area contributed by atoms with E-state index in [1.807, 2.05) is 0 Å². The molecule has 0 saturated heterocycles. The molecule has 0 bridgehead atoms. The van der Waals surface area contributed by atoms with Gasteiger partial charge in [0.25, 0.3) is 0 Å². The van der Waals surface area contributed by atoms with Crippen LogP contribution in [0, 0.1) is 0 Å². The number of carbonyl (C=O) groups is 1. The van der Waals surface area contributed by atoms with E-state index in [4.69, 9.17) is 9.84 Å². The zero-order valence-electron chi connectivity index (χ0n) is 10.3. The number of carboxylic acids is 1. The van der Waals surface area contributed by atoms with Gasteiger partial charge in [-0.15, -0.1) is 0 Å². The second-order valence-electron chi connectivity index (χ2n) is 4.34. The number of ether oxygens (including phenoxy) is 1. The molecule has 1 aliphatic rings. The molecule has 18 heavy (non-hydrogen) atoms. The zero-order chi connectivity index (χ0) is 13.0. The standard InChI is InChI=1S/C14H17NO3/c1-18-11-7-8-12(14(16)17)13(9-11)15-10-5-3-2-4-6-10/h2-3,7-10,15H,4-6H2,1H3,(H,16,17). The molecule has 0 aliphatic heterocycles. The Hall–Kier alpha value is -1.97. The average Bonchev–Trinajstić information content (AvgIpc) is 2.39. The second kappa shape index (κ2) is 5.58. The molecule has 2 rings (SSSR count). The first kappa shape index (κ1) is 12.5. The van der Waals surface area contributed by atoms with Crippen LogP contribution in [-0.2, 0) is 0 Å². The maximum absolute atomic E-state index is 11.2. The van der Waals surface area contributed by atoms with Crippen LogP contribution in [0.4, 0.5) is 5.69 Å². The summed E-state index contributed by atoms with van der Waals surface area (Å²) in [6.45, 7) is 0. The fourth-order valence-electron chi connectivity index (χ4n) is 2.10. The lowest BCUT2D eigenvalue weighted by Crippen LogP contribution is -2.21. The quantitative estimate of drug-likeness (QED) is 0.803. The van der Waals surface area contributed by atoms with Crippen LogP contribution >= 0.6 is 0 Å². The van der Waals surface area contributed by atoms with Gasteiger partial charge in [-0.1, -0.05) is 12.2 Å². The van der Waals surface area contributed by atoms with E-state index in [0.29, 0.717) is 17.5 Å². The molecular weight excluding hydrogens is 230 g/mol. The fraction of sp³-hybridized carbons (Fsp3) is 0.357. The van der Waals surface area contributed by atoms with Crippen LogP contribution in [0.25, 0.3) is 0 Å². The molecule has 96 valence electrons. The molecule has 1 aromatic carbocycles. The molecule has 0 heterocycles. The summed E-state index contributed by atoms with van der Waals surface area (Å²) < 4.78 is 5.13. The summed E-state index contributed by atoms with van der Waals surface area (Å²) in [6.07, 6.45) is 7.26. The van der Waals surface area contributed by atoms with Gasteiger partial charge in [0.15, 0.2) is 0 Å². The highest BCUT2D eigenvalue weighted by Crippen LogP contribution is 2.25. The molecule has 1 aliphatic carbocycles. The van der Waals surface area contributed by atoms with Crippen molar-refractivity contribution in [2.75, 3.05) is 12.4 Å². The van der Waals surface area contributed by atoms with Crippen molar-refractivity contribution in [2.45, 2.75) is 25.3 Å². The molecular formula is C14H17NO3. The Morgan fingerprint density at radius 1 is 1.44 bits per heavy atom. The third-order valence-electron chi connectivity index (χ3n) is 3.09. The molecule has 0 fully saturated rings. The third kappa shape index (κ3) is 2.83. The van der Waals surface area contributed by atoms with Gasteiger partial charge in [-0.2, -0.15) is 0 Å². The predicted octanol–water partition coefficient (Wildman–Crippen LogP) is 2.91. The van der Waals surface area contributed by atoms with E-state index in [2.05, 4.69) is 17.5 Å². The summed E-state index contributed by atoms with van der Waals surface area (Å²) >= 11 is 0. The summed E-state index contributed by atoms with van der Waals surface area (Å²) in [6, 6.07) is 5.26. The summed E-state index contributed by atoms with van der Waals surface area (Å²) in [5.74, 6) is -0.264. The van der Waals surface area contributed by atoms with E-state index in [9.17, 15) is 4.79 Å². The van der Waals surface area contributed by atoms with Gasteiger partial charge >= 0.3 is 5.97 Å². The predicted molar refractivity (Wildman–Crippen MR) is 70.4 cm³/mol. The highest BCUT2D eigenvalue weighted by atomic mass is 16.5. The monoisotopic (exact) mass is 247 g/mol. The minimum Gasteiger partial charge on any atom is -0.497 e. The Kier molecular flexibility index (Phi) is 3.87. The van der Waals surface area contributed by atoms with Crippen LogP contribution in [0.15, 0.2) is 30.4 Å². The van der Waals surface area contributed by atoms with E-state index in [-0.39, 0.29) is 5.56 Å². The molecule has 0 saturated carbocycles. The van der Waals surface area contributed by atoms with Crippen LogP contribution in [0.3, 0.4) is 0 Å². The Labute approximate surface area is 106 Å². The smallest absolute Gasteiger partial charge is 0.337 e. The first-order chi connectivity index (χ1) is 8.70. The second-order valence-corrected chi connectivity index (χ2v) is 4.34. The molecule has 0 radical (unpaired) electrons. The average molecular weight is 247 g/mol. The van der Waals surface area contributed by atoms with E-state index in [1.54, 1.807) is 25.3 Å². The van der Waals surface area contributed by atoms with Crippen LogP contribution in [0.2, 0.25) is 0 Å². The molecule has 1 aromatic rings. The van der Waals surface area contributed by atoms with E-state index < -0.39 is 5.97 Å². The zero-order valence-corrected chi connectivity index (χ0v) is 10.3. The molecule has 1 atom stereocenters. The number of hydrogen-bond acceptors (Lipinski definition) is 3. The molecule has 4 nitrogen and oxygen atoms in total. The number of benzene rings is 1. The minimum atomic E-state index is -0.925. The number of nitrogens with one attached hydrogen (secondary N) is 1. The lowest BCUT2D eigenvalue weighted by molar-refractivity contribution is 0.0698. The van der Waals surface area contributed by atoms with Crippen molar-refractivity contribution in [1.82, 2.24) is 0 Å². The van der Waals surface area contributed by atoms with Gasteiger partial charge in [-0.3, -0.25) is 0 Å². The van der Waals surface area contributed by atoms with Gasteiger partial charge in [0.2, 0.25) is 0 Å². The van der Waals surface area contributed by atoms with Crippen molar-refractivity contribution in [2.24, 2.45) is 0 Å². The molecule has 4 heteroatoms. The fourth-order valence-corrected chi connectivity index (χ4v) is 2.10. The Morgan fingerprint density at radius 2 is 2.28 bits per heavy atom. The van der Waals surface area contributed by atoms with Gasteiger partial charge in [0, 0.05) is 12.1 Å². The largest absolute Gasteiger partial charge is 0.497 e. The third-order valence-corrected chi connectivity index (χ3v) is 3.09. The number of aromatic carboxylic acids is 1. The summed E-state index contributed by atoms with van der Waals surface area (Å²) in [7, 11) is 1.57. The number of anilines is 1. The maximum Gasteiger partial charge on any atom is 0.337 e. The summed E-state index contributed by atoms with van der Waals surface area (Å²) in [5, 5.41) is 12.5. The highest BCUT2D eigenvalue weighted by Gasteiger charge is 2.15. The minimum absolute atomic E-state index is 0.283. The van der Waals surface area contributed by atoms with Crippen molar-refractivity contribution < 1.29 is 14.6 Å². The number of hydrogen-bond donors (Lipinski definition) is 2. The van der Waals surface area contributed by atoms with Crippen LogP contribution in [0.5, 0.6) is 5.75 Å². The van der Waals surface area contributed by atoms with Gasteiger partial charge in [0.1, 0.15) is 5.75 Å². The van der Waals surface area contributed by atoms with Crippen molar-refractivity contribution in [3.63, 3.8) is 0 Å². The molecule has 0 amide bonds. The first-order valence-corrected chi connectivity index (χ1v) is 6.03. The van der Waals surface area contributed by atoms with E-state index in [1.165, 1.54) is 0 Å². The number of methoxy groups -OCH3 is 1. The van der Waals surface area contributed by atoms with Gasteiger partial charge in [-0.25, -0.2) is 4.79 Å². The first-order valence-electron chi connectivity index (χ1n) is 6.03. The maximum atomic E-state index is 11.2. The van der Waals surface area contributed by atoms with Crippen molar-refractivity contribution in [1.29, 1.82) is 0 Å². The normalized spacial score (nSPS) is 18.4. The molecule has 2 N–H and O–H groups in total. The van der Waals surface area contributed by atoms with Crippen molar-refractivity contribution >= 4 is 11.7 Å². The van der Waals surface area contributed by atoms with Crippen molar-refractivity contribution in [3.05, 3.63) is 35.9 Å². The van der Waals surface area contributed by atoms with Crippen molar-refractivity contribution in [3.8, 4) is 5.75 Å². The number of allylic oxidation sites excluding steroid dienone is 1. The Balaban J connectivity index is 2.22. The Morgan fingerprint density at radius 3 is 2.89 bits per heavy atom. The number of carboxylic acid groups (broad SMARTS) is 1. The summed E-state index contributed by atoms with van der Waals surface area (Å²) in [5.41, 5.74) is 0.910. The van der Waals surface area contributed by atoms with Gasteiger partial charge in [0.05, 0.1) is 18.4 Å².